The van der Waals surface area contributed by atoms with E-state index in [0.29, 0.717) is 0 Å². The van der Waals surface area contributed by atoms with Gasteiger partial charge in [0.15, 0.2) is 0 Å². The van der Waals surface area contributed by atoms with Gasteiger partial charge < -0.3 is 4.57 Å². The van der Waals surface area contributed by atoms with Crippen molar-refractivity contribution in [3.63, 3.8) is 0 Å². The fourth-order valence-corrected chi connectivity index (χ4v) is 5.14. The second-order valence-corrected chi connectivity index (χ2v) is 9.85. The predicted molar refractivity (Wildman–Crippen MR) is 154 cm³/mol. The number of fused-ring (bicyclic) bond motifs is 2. The van der Waals surface area contributed by atoms with E-state index in [4.69, 9.17) is 0 Å². The summed E-state index contributed by atoms with van der Waals surface area (Å²) in [6, 6.07) is 41.3. The van der Waals surface area contributed by atoms with E-state index in [-0.39, 0.29) is 0 Å². The van der Waals surface area contributed by atoms with E-state index in [9.17, 15) is 0 Å². The van der Waals surface area contributed by atoms with Crippen LogP contribution in [0.3, 0.4) is 0 Å². The zero-order valence-electron chi connectivity index (χ0n) is 19.4. The van der Waals surface area contributed by atoms with Crippen molar-refractivity contribution in [2.24, 2.45) is 7.05 Å². The fraction of sp³-hybridized carbons (Fsp3) is 0.0303. The van der Waals surface area contributed by atoms with E-state index in [1.54, 1.807) is 0 Å². The summed E-state index contributed by atoms with van der Waals surface area (Å²) >= 11 is 3.55. The zero-order chi connectivity index (χ0) is 23.8. The van der Waals surface area contributed by atoms with Crippen molar-refractivity contribution in [1.82, 2.24) is 4.57 Å². The zero-order valence-corrected chi connectivity index (χ0v) is 21.0. The molecule has 0 N–H and O–H groups in total. The minimum atomic E-state index is 1.11. The Bertz CT molecular complexity index is 1710. The first-order chi connectivity index (χ1) is 17.1. The van der Waals surface area contributed by atoms with Crippen molar-refractivity contribution in [3.05, 3.63) is 131 Å². The topological polar surface area (TPSA) is 4.93 Å². The van der Waals surface area contributed by atoms with Crippen LogP contribution < -0.4 is 0 Å². The molecule has 0 radical (unpaired) electrons. The van der Waals surface area contributed by atoms with Crippen molar-refractivity contribution in [1.29, 1.82) is 0 Å². The molecule has 0 spiro atoms. The number of halogens is 1. The largest absolute Gasteiger partial charge is 0.344 e. The smallest absolute Gasteiger partial charge is 0.0482 e. The third kappa shape index (κ3) is 4.34. The van der Waals surface area contributed by atoms with Crippen molar-refractivity contribution in [2.45, 2.75) is 0 Å². The van der Waals surface area contributed by atoms with Gasteiger partial charge >= 0.3 is 0 Å². The van der Waals surface area contributed by atoms with Gasteiger partial charge in [-0.1, -0.05) is 101 Å². The lowest BCUT2D eigenvalue weighted by atomic mass is 10.0. The summed E-state index contributed by atoms with van der Waals surface area (Å²) in [5.74, 6) is 0. The molecular weight excluding hydrogens is 490 g/mol. The maximum atomic E-state index is 3.55. The first-order valence-electron chi connectivity index (χ1n) is 11.8. The van der Waals surface area contributed by atoms with Crippen LogP contribution in [0.2, 0.25) is 0 Å². The Labute approximate surface area is 214 Å². The molecule has 0 bridgehead atoms. The van der Waals surface area contributed by atoms with Gasteiger partial charge in [-0.25, -0.2) is 0 Å². The number of hydrogen-bond donors (Lipinski definition) is 0. The SMILES string of the molecule is Cn1c(-c2ccccc2)ccc1-c1ccc2cc(/C=C/c3ccc4cc(Br)ccc4c3)ccc2c1. The molecule has 168 valence electrons. The Morgan fingerprint density at radius 2 is 1.06 bits per heavy atom. The molecule has 35 heavy (non-hydrogen) atoms. The molecule has 0 saturated carbocycles. The van der Waals surface area contributed by atoms with Gasteiger partial charge in [-0.3, -0.25) is 0 Å². The van der Waals surface area contributed by atoms with E-state index >= 15 is 0 Å². The van der Waals surface area contributed by atoms with E-state index in [0.717, 1.165) is 4.47 Å². The molecule has 0 saturated heterocycles. The van der Waals surface area contributed by atoms with Crippen LogP contribution in [0.25, 0.3) is 56.2 Å². The van der Waals surface area contributed by atoms with E-state index in [1.165, 1.54) is 55.2 Å². The van der Waals surface area contributed by atoms with Gasteiger partial charge in [-0.2, -0.15) is 0 Å². The van der Waals surface area contributed by atoms with Crippen LogP contribution in [0.1, 0.15) is 11.1 Å². The highest BCUT2D eigenvalue weighted by Gasteiger charge is 2.09. The highest BCUT2D eigenvalue weighted by atomic mass is 79.9. The average molecular weight is 514 g/mol. The molecule has 6 rings (SSSR count). The van der Waals surface area contributed by atoms with Gasteiger partial charge in [-0.15, -0.1) is 0 Å². The van der Waals surface area contributed by atoms with Crippen LogP contribution in [0.5, 0.6) is 0 Å². The molecule has 1 nitrogen and oxygen atoms in total. The monoisotopic (exact) mass is 513 g/mol. The minimum absolute atomic E-state index is 1.11. The lowest BCUT2D eigenvalue weighted by Crippen LogP contribution is -1.94. The van der Waals surface area contributed by atoms with E-state index in [2.05, 4.69) is 155 Å². The molecule has 5 aromatic carbocycles. The van der Waals surface area contributed by atoms with Crippen molar-refractivity contribution >= 4 is 49.6 Å². The third-order valence-corrected chi connectivity index (χ3v) is 7.14. The van der Waals surface area contributed by atoms with E-state index < -0.39 is 0 Å². The summed E-state index contributed by atoms with van der Waals surface area (Å²) in [4.78, 5) is 0. The third-order valence-electron chi connectivity index (χ3n) is 6.65. The predicted octanol–water partition coefficient (Wildman–Crippen LogP) is 9.60. The van der Waals surface area contributed by atoms with Gasteiger partial charge in [0.2, 0.25) is 0 Å². The molecule has 0 unspecified atom stereocenters. The second-order valence-electron chi connectivity index (χ2n) is 8.93. The fourth-order valence-electron chi connectivity index (χ4n) is 4.76. The van der Waals surface area contributed by atoms with Crippen LogP contribution in [-0.2, 0) is 7.05 Å². The molecule has 0 fully saturated rings. The van der Waals surface area contributed by atoms with Gasteiger partial charge in [0.05, 0.1) is 0 Å². The molecule has 0 amide bonds. The quantitative estimate of drug-likeness (QED) is 0.207. The van der Waals surface area contributed by atoms with Gasteiger partial charge in [-0.05, 0) is 86.3 Å². The van der Waals surface area contributed by atoms with Crippen LogP contribution in [0.4, 0.5) is 0 Å². The number of rotatable bonds is 4. The van der Waals surface area contributed by atoms with Gasteiger partial charge in [0, 0.05) is 22.9 Å². The van der Waals surface area contributed by atoms with Crippen molar-refractivity contribution < 1.29 is 0 Å². The van der Waals surface area contributed by atoms with Gasteiger partial charge in [0.1, 0.15) is 0 Å². The molecule has 0 aliphatic rings. The molecule has 0 atom stereocenters. The Morgan fingerprint density at radius 1 is 0.514 bits per heavy atom. The standard InChI is InChI=1S/C33H24BrN/c1-35-32(25-5-3-2-4-6-25)17-18-33(35)30-14-13-26-19-23(9-11-28(26)21-30)7-8-24-10-12-29-22-31(34)16-15-27(29)20-24/h2-22H,1H3/b8-7+. The maximum absolute atomic E-state index is 3.55. The molecule has 6 aromatic rings. The van der Waals surface area contributed by atoms with Crippen LogP contribution >= 0.6 is 15.9 Å². The number of benzene rings is 5. The molecule has 2 heteroatoms. The Hall–Kier alpha value is -3.88. The van der Waals surface area contributed by atoms with Crippen LogP contribution in [0.15, 0.2) is 120 Å². The summed E-state index contributed by atoms with van der Waals surface area (Å²) in [5, 5.41) is 4.99. The highest BCUT2D eigenvalue weighted by Crippen LogP contribution is 2.30. The summed E-state index contributed by atoms with van der Waals surface area (Å²) in [6.07, 6.45) is 4.38. The average Bonchev–Trinajstić information content (AvgIpc) is 3.28. The summed E-state index contributed by atoms with van der Waals surface area (Å²) in [6.45, 7) is 0. The summed E-state index contributed by atoms with van der Waals surface area (Å²) in [7, 11) is 2.14. The maximum Gasteiger partial charge on any atom is 0.0482 e. The number of hydrogen-bond acceptors (Lipinski definition) is 0. The Balaban J connectivity index is 1.28. The molecule has 0 aliphatic carbocycles. The Morgan fingerprint density at radius 3 is 1.74 bits per heavy atom. The van der Waals surface area contributed by atoms with Crippen LogP contribution in [-0.4, -0.2) is 4.57 Å². The summed E-state index contributed by atoms with van der Waals surface area (Å²) < 4.78 is 3.38. The lowest BCUT2D eigenvalue weighted by Gasteiger charge is -2.09. The molecule has 1 heterocycles. The number of nitrogens with zero attached hydrogens (tertiary/aromatic N) is 1. The first-order valence-corrected chi connectivity index (χ1v) is 12.6. The molecule has 0 aliphatic heterocycles. The van der Waals surface area contributed by atoms with Crippen molar-refractivity contribution in [3.8, 4) is 22.5 Å². The molecular formula is C33H24BrN. The second kappa shape index (κ2) is 9.05. The Kier molecular flexibility index (Phi) is 5.60. The highest BCUT2D eigenvalue weighted by molar-refractivity contribution is 9.10. The lowest BCUT2D eigenvalue weighted by molar-refractivity contribution is 0.946. The minimum Gasteiger partial charge on any atom is -0.344 e. The normalized spacial score (nSPS) is 11.6. The first kappa shape index (κ1) is 21.6. The van der Waals surface area contributed by atoms with Gasteiger partial charge in [0.25, 0.3) is 0 Å². The number of aromatic nitrogens is 1. The van der Waals surface area contributed by atoms with Crippen molar-refractivity contribution in [2.75, 3.05) is 0 Å². The molecule has 1 aromatic heterocycles. The summed E-state index contributed by atoms with van der Waals surface area (Å²) in [5.41, 5.74) is 7.31. The van der Waals surface area contributed by atoms with Crippen LogP contribution in [0, 0.1) is 0 Å². The van der Waals surface area contributed by atoms with E-state index in [1.807, 2.05) is 0 Å².